The number of alkyl halides is 3. The van der Waals surface area contributed by atoms with Gasteiger partial charge in [0, 0.05) is 42.4 Å². The monoisotopic (exact) mass is 378 g/mol. The molecule has 1 aliphatic heterocycles. The third-order valence-electron chi connectivity index (χ3n) is 3.46. The van der Waals surface area contributed by atoms with Crippen LogP contribution >= 0.6 is 23.7 Å². The van der Waals surface area contributed by atoms with E-state index in [1.807, 2.05) is 7.05 Å². The SMILES string of the molecule is CN1CCCN(Cc2ccc(-c3noc(C(F)(F)F)n3)cc2Cl)S1. The largest absolute Gasteiger partial charge is 0.471 e. The summed E-state index contributed by atoms with van der Waals surface area (Å²) in [6, 6.07) is 4.97. The van der Waals surface area contributed by atoms with E-state index in [9.17, 15) is 13.2 Å². The highest BCUT2D eigenvalue weighted by Crippen LogP contribution is 2.31. The van der Waals surface area contributed by atoms with Gasteiger partial charge in [0.05, 0.1) is 0 Å². The predicted molar refractivity (Wildman–Crippen MR) is 85.0 cm³/mol. The summed E-state index contributed by atoms with van der Waals surface area (Å²) in [6.07, 6.45) is -3.59. The zero-order chi connectivity index (χ0) is 17.3. The number of hydrogen-bond acceptors (Lipinski definition) is 6. The fraction of sp³-hybridized carbons (Fsp3) is 0.429. The molecule has 5 nitrogen and oxygen atoms in total. The Morgan fingerprint density at radius 2 is 2.12 bits per heavy atom. The van der Waals surface area contributed by atoms with E-state index in [0.717, 1.165) is 25.1 Å². The van der Waals surface area contributed by atoms with Crippen molar-refractivity contribution in [3.63, 3.8) is 0 Å². The van der Waals surface area contributed by atoms with Gasteiger partial charge in [-0.1, -0.05) is 28.9 Å². The summed E-state index contributed by atoms with van der Waals surface area (Å²) < 4.78 is 46.1. The summed E-state index contributed by atoms with van der Waals surface area (Å²) in [4.78, 5) is 3.37. The predicted octanol–water partition coefficient (Wildman–Crippen LogP) is 4.11. The van der Waals surface area contributed by atoms with E-state index in [1.165, 1.54) is 0 Å². The number of halogens is 4. The Labute approximate surface area is 146 Å². The van der Waals surface area contributed by atoms with Gasteiger partial charge in [0.15, 0.2) is 0 Å². The first-order valence-corrected chi connectivity index (χ1v) is 8.27. The van der Waals surface area contributed by atoms with Crippen molar-refractivity contribution in [2.45, 2.75) is 19.1 Å². The smallest absolute Gasteiger partial charge is 0.329 e. The highest BCUT2D eigenvalue weighted by atomic mass is 35.5. The summed E-state index contributed by atoms with van der Waals surface area (Å²) >= 11 is 7.91. The molecule has 0 N–H and O–H groups in total. The molecule has 24 heavy (non-hydrogen) atoms. The first kappa shape index (κ1) is 17.5. The van der Waals surface area contributed by atoms with Crippen molar-refractivity contribution in [1.29, 1.82) is 0 Å². The number of rotatable bonds is 3. The van der Waals surface area contributed by atoms with E-state index in [4.69, 9.17) is 11.6 Å². The third-order valence-corrected chi connectivity index (χ3v) is 4.82. The van der Waals surface area contributed by atoms with Crippen molar-refractivity contribution < 1.29 is 17.7 Å². The quantitative estimate of drug-likeness (QED) is 0.749. The summed E-state index contributed by atoms with van der Waals surface area (Å²) in [5, 5.41) is 3.82. The van der Waals surface area contributed by atoms with E-state index >= 15 is 0 Å². The maximum Gasteiger partial charge on any atom is 0.471 e. The molecule has 0 atom stereocenters. The molecule has 130 valence electrons. The molecule has 0 saturated carbocycles. The van der Waals surface area contributed by atoms with Crippen LogP contribution in [-0.2, 0) is 12.7 Å². The Kier molecular flexibility index (Phi) is 5.05. The lowest BCUT2D eigenvalue weighted by Gasteiger charge is -2.31. The van der Waals surface area contributed by atoms with E-state index < -0.39 is 12.1 Å². The third kappa shape index (κ3) is 4.02. The fourth-order valence-corrected chi connectivity index (χ4v) is 3.57. The molecule has 2 aromatic rings. The zero-order valence-corrected chi connectivity index (χ0v) is 14.3. The van der Waals surface area contributed by atoms with E-state index in [0.29, 0.717) is 17.1 Å². The van der Waals surface area contributed by atoms with Crippen LogP contribution in [-0.4, -0.2) is 38.9 Å². The fourth-order valence-electron chi connectivity index (χ4n) is 2.32. The number of benzene rings is 1. The Hall–Kier alpha value is -1.29. The van der Waals surface area contributed by atoms with Crippen LogP contribution in [0.2, 0.25) is 5.02 Å². The van der Waals surface area contributed by atoms with Crippen molar-refractivity contribution in [1.82, 2.24) is 18.8 Å². The lowest BCUT2D eigenvalue weighted by atomic mass is 10.1. The molecule has 0 unspecified atom stereocenters. The Bertz CT molecular complexity index is 724. The molecule has 2 heterocycles. The first-order chi connectivity index (χ1) is 11.3. The normalized spacial score (nSPS) is 17.4. The molecule has 0 radical (unpaired) electrons. The van der Waals surface area contributed by atoms with Crippen LogP contribution in [0.3, 0.4) is 0 Å². The average molecular weight is 379 g/mol. The summed E-state index contributed by atoms with van der Waals surface area (Å²) in [7, 11) is 2.02. The number of hydrogen-bond donors (Lipinski definition) is 0. The van der Waals surface area contributed by atoms with Gasteiger partial charge in [-0.05, 0) is 25.1 Å². The van der Waals surface area contributed by atoms with Crippen LogP contribution in [0.4, 0.5) is 13.2 Å². The highest BCUT2D eigenvalue weighted by Gasteiger charge is 2.38. The number of nitrogens with zero attached hydrogens (tertiary/aromatic N) is 4. The molecule has 1 aromatic heterocycles. The van der Waals surface area contributed by atoms with Crippen LogP contribution in [0.1, 0.15) is 17.9 Å². The molecule has 0 bridgehead atoms. The molecule has 3 rings (SSSR count). The van der Waals surface area contributed by atoms with Crippen molar-refractivity contribution in [2.24, 2.45) is 0 Å². The minimum absolute atomic E-state index is 0.136. The topological polar surface area (TPSA) is 45.4 Å². The minimum atomic E-state index is -4.66. The van der Waals surface area contributed by atoms with Crippen molar-refractivity contribution in [3.05, 3.63) is 34.7 Å². The van der Waals surface area contributed by atoms with Gasteiger partial charge in [-0.3, -0.25) is 0 Å². The molecule has 0 spiro atoms. The van der Waals surface area contributed by atoms with Crippen molar-refractivity contribution in [3.8, 4) is 11.4 Å². The maximum absolute atomic E-state index is 12.5. The van der Waals surface area contributed by atoms with Crippen LogP contribution in [0.5, 0.6) is 0 Å². The minimum Gasteiger partial charge on any atom is -0.329 e. The van der Waals surface area contributed by atoms with Gasteiger partial charge >= 0.3 is 12.1 Å². The van der Waals surface area contributed by atoms with E-state index in [2.05, 4.69) is 23.3 Å². The molecular weight excluding hydrogens is 365 g/mol. The van der Waals surface area contributed by atoms with Crippen LogP contribution < -0.4 is 0 Å². The Morgan fingerprint density at radius 1 is 1.33 bits per heavy atom. The maximum atomic E-state index is 12.5. The average Bonchev–Trinajstić information content (AvgIpc) is 2.99. The molecule has 1 aromatic carbocycles. The van der Waals surface area contributed by atoms with Gasteiger partial charge in [0.2, 0.25) is 5.82 Å². The van der Waals surface area contributed by atoms with E-state index in [-0.39, 0.29) is 5.82 Å². The van der Waals surface area contributed by atoms with E-state index in [1.54, 1.807) is 30.3 Å². The Balaban J connectivity index is 1.76. The number of aromatic nitrogens is 2. The Morgan fingerprint density at radius 3 is 2.75 bits per heavy atom. The van der Waals surface area contributed by atoms with Gasteiger partial charge in [-0.2, -0.15) is 18.2 Å². The molecule has 1 saturated heterocycles. The van der Waals surface area contributed by atoms with Crippen LogP contribution in [0.15, 0.2) is 22.7 Å². The molecular formula is C14H14ClF3N4OS. The lowest BCUT2D eigenvalue weighted by molar-refractivity contribution is -0.159. The zero-order valence-electron chi connectivity index (χ0n) is 12.7. The molecule has 1 aliphatic rings. The summed E-state index contributed by atoms with van der Waals surface area (Å²) in [5.74, 6) is -1.51. The molecule has 10 heteroatoms. The van der Waals surface area contributed by atoms with Crippen molar-refractivity contribution in [2.75, 3.05) is 20.1 Å². The molecule has 0 amide bonds. The van der Waals surface area contributed by atoms with Crippen molar-refractivity contribution >= 4 is 23.7 Å². The first-order valence-electron chi connectivity index (χ1n) is 7.17. The standard InChI is InChI=1S/C14H14ClF3N4OS/c1-21-5-2-6-22(24-21)8-10-4-3-9(7-11(10)15)12-19-13(23-20-12)14(16,17)18/h3-4,7H,2,5-6,8H2,1H3. The van der Waals surface area contributed by atoms with Crippen LogP contribution in [0, 0.1) is 0 Å². The van der Waals surface area contributed by atoms with Crippen LogP contribution in [0.25, 0.3) is 11.4 Å². The van der Waals surface area contributed by atoms with Gasteiger partial charge < -0.3 is 4.52 Å². The summed E-state index contributed by atoms with van der Waals surface area (Å²) in [5.41, 5.74) is 1.27. The summed E-state index contributed by atoms with van der Waals surface area (Å²) in [6.45, 7) is 2.63. The highest BCUT2D eigenvalue weighted by molar-refractivity contribution is 7.94. The second-order valence-electron chi connectivity index (χ2n) is 5.38. The lowest BCUT2D eigenvalue weighted by Crippen LogP contribution is -2.31. The van der Waals surface area contributed by atoms with Gasteiger partial charge in [0.1, 0.15) is 0 Å². The second-order valence-corrected chi connectivity index (χ2v) is 7.09. The van der Waals surface area contributed by atoms with Gasteiger partial charge in [-0.15, -0.1) is 0 Å². The van der Waals surface area contributed by atoms with Gasteiger partial charge in [0.25, 0.3) is 0 Å². The molecule has 1 fully saturated rings. The van der Waals surface area contributed by atoms with Gasteiger partial charge in [-0.25, -0.2) is 8.61 Å². The molecule has 0 aliphatic carbocycles. The second kappa shape index (κ2) is 6.91.